The second kappa shape index (κ2) is 21.5. The summed E-state index contributed by atoms with van der Waals surface area (Å²) in [6.07, 6.45) is 17.4. The summed E-state index contributed by atoms with van der Waals surface area (Å²) in [7, 11) is 0.887. The number of unbranched alkanes of at least 4 members (excludes halogenated alkanes) is 14. The molecule has 0 aliphatic heterocycles. The van der Waals surface area contributed by atoms with Crippen LogP contribution in [0.4, 0.5) is 0 Å². The van der Waals surface area contributed by atoms with Gasteiger partial charge >= 0.3 is 123 Å². The fourth-order valence-electron chi connectivity index (χ4n) is 3.33. The zero-order valence-electron chi connectivity index (χ0n) is 20.8. The van der Waals surface area contributed by atoms with Gasteiger partial charge in [0.15, 0.2) is 0 Å². The van der Waals surface area contributed by atoms with Crippen LogP contribution in [0.1, 0.15) is 124 Å². The Morgan fingerprint density at radius 2 is 1.19 bits per heavy atom. The molecule has 0 N–H and O–H groups in total. The number of rotatable bonds is 21. The number of carbonyl (C=O) groups is 3. The van der Waals surface area contributed by atoms with E-state index in [4.69, 9.17) is 10.1 Å². The van der Waals surface area contributed by atoms with E-state index in [2.05, 4.69) is 6.92 Å². The summed E-state index contributed by atoms with van der Waals surface area (Å²) < 4.78 is 17.2. The van der Waals surface area contributed by atoms with Gasteiger partial charge in [-0.15, -0.1) is 0 Å². The summed E-state index contributed by atoms with van der Waals surface area (Å²) in [6.45, 7) is 5.18. The summed E-state index contributed by atoms with van der Waals surface area (Å²) >= 11 is -1.00. The monoisotopic (exact) mass is 573 g/mol. The van der Waals surface area contributed by atoms with Crippen molar-refractivity contribution in [3.63, 3.8) is 0 Å². The van der Waals surface area contributed by atoms with E-state index in [1.165, 1.54) is 90.9 Å². The van der Waals surface area contributed by atoms with E-state index < -0.39 is 45.2 Å². The van der Waals surface area contributed by atoms with E-state index in [0.29, 0.717) is 6.42 Å². The van der Waals surface area contributed by atoms with Crippen LogP contribution in [0.2, 0.25) is 0 Å². The van der Waals surface area contributed by atoms with Crippen molar-refractivity contribution in [1.82, 2.24) is 0 Å². The summed E-state index contributed by atoms with van der Waals surface area (Å²) in [5.74, 6) is -1.13. The zero-order chi connectivity index (χ0) is 24.0. The van der Waals surface area contributed by atoms with Gasteiger partial charge in [0.25, 0.3) is 0 Å². The van der Waals surface area contributed by atoms with Crippen molar-refractivity contribution in [2.24, 2.45) is 0 Å². The van der Waals surface area contributed by atoms with Crippen LogP contribution in [0.25, 0.3) is 0 Å². The Hall–Kier alpha value is -0.310. The van der Waals surface area contributed by atoms with Gasteiger partial charge in [0, 0.05) is 0 Å². The van der Waals surface area contributed by atoms with Crippen LogP contribution in [0.5, 0.6) is 0 Å². The summed E-state index contributed by atoms with van der Waals surface area (Å²) in [5, 5.41) is -0.336. The molecule has 0 amide bonds. The molecule has 31 heavy (non-hydrogen) atoms. The molecule has 0 aromatic carbocycles. The molecule has 7 heteroatoms. The molecule has 0 aliphatic rings. The first kappa shape index (κ1) is 28.7. The number of halogens is 1. The van der Waals surface area contributed by atoms with Gasteiger partial charge in [-0.3, -0.25) is 0 Å². The van der Waals surface area contributed by atoms with Gasteiger partial charge < -0.3 is 0 Å². The minimum Gasteiger partial charge on any atom is -0.0654 e. The van der Waals surface area contributed by atoms with Gasteiger partial charge in [-0.25, -0.2) is 0 Å². The van der Waals surface area contributed by atoms with Crippen LogP contribution in [0.3, 0.4) is 0 Å². The van der Waals surface area contributed by atoms with E-state index in [1.54, 1.807) is 0 Å². The van der Waals surface area contributed by atoms with Crippen molar-refractivity contribution in [3.05, 3.63) is 0 Å². The molecule has 184 valence electrons. The minimum atomic E-state index is -1.02. The van der Waals surface area contributed by atoms with Crippen LogP contribution in [0, 0.1) is 0 Å². The minimum absolute atomic E-state index is 0.295. The molecule has 0 bridgehead atoms. The molecule has 0 spiro atoms. The third-order valence-electron chi connectivity index (χ3n) is 5.33. The number of esters is 2. The van der Waals surface area contributed by atoms with Crippen molar-refractivity contribution in [1.29, 1.82) is 0.594 Å². The molecule has 2 atom stereocenters. The van der Waals surface area contributed by atoms with E-state index in [1.807, 2.05) is 0 Å². The Morgan fingerprint density at radius 1 is 0.742 bits per heavy atom. The van der Waals surface area contributed by atoms with Gasteiger partial charge in [0.05, 0.1) is 0 Å². The Morgan fingerprint density at radius 3 is 1.65 bits per heavy atom. The Bertz CT molecular complexity index is 507. The number of carbonyl (C=O) groups excluding carboxylic acids is 3. The van der Waals surface area contributed by atoms with Crippen LogP contribution >= 0.6 is 8.93 Å². The standard InChI is InChI=1S/C24H44IO5S/c1-4-5-6-7-8-9-10-11-12-13-14-15-16-17-18-19-22(26)29-20(2)23(27)30-21(3)24(28)31-25/h20-21,25H,4-19H2,1-3H3/q-1/t20-,21-/m0/s1/i25T. The van der Waals surface area contributed by atoms with E-state index in [0.717, 1.165) is 28.2 Å². The van der Waals surface area contributed by atoms with Gasteiger partial charge in [0.1, 0.15) is 0 Å². The predicted molar refractivity (Wildman–Crippen MR) is 125 cm³/mol. The van der Waals surface area contributed by atoms with Crippen molar-refractivity contribution in [2.45, 2.75) is 136 Å². The van der Waals surface area contributed by atoms with Crippen molar-refractivity contribution in [3.8, 4) is 0 Å². The molecule has 0 aliphatic carbocycles. The Kier molecular flexibility index (Phi) is 19.9. The summed E-state index contributed by atoms with van der Waals surface area (Å²) in [4.78, 5) is 35.4. The first-order chi connectivity index (χ1) is 15.4. The molecule has 0 saturated heterocycles. The fraction of sp³-hybridized carbons (Fsp3) is 0.875. The Labute approximate surface area is 206 Å². The topological polar surface area (TPSA) is 69.7 Å². The third kappa shape index (κ3) is 18.9. The van der Waals surface area contributed by atoms with Crippen LogP contribution in [-0.2, 0) is 23.9 Å². The average molecular weight is 574 g/mol. The van der Waals surface area contributed by atoms with E-state index >= 15 is 0 Å². The fourth-order valence-corrected chi connectivity index (χ4v) is 4.57. The first-order valence-electron chi connectivity index (χ1n) is 12.5. The predicted octanol–water partition coefficient (Wildman–Crippen LogP) is 3.57. The second-order valence-corrected chi connectivity index (χ2v) is 10.2. The first-order valence-corrected chi connectivity index (χ1v) is 15.5. The number of ether oxygens (including phenoxy) is 2. The van der Waals surface area contributed by atoms with Crippen molar-refractivity contribution < 1.29 is 44.9 Å². The molecular formula is C24H44IO5S-. The smallest absolute Gasteiger partial charge is 0.0654 e. The van der Waals surface area contributed by atoms with E-state index in [-0.39, 0.29) is 5.12 Å². The SMILES string of the molecule is [3H][I-]SC(=O)[C@H](C)OC(=O)[C@H](C)OC(=O)CCCCCCCCCCCCCCCCC. The number of hydrogen-bond donors (Lipinski definition) is 0. The molecule has 0 radical (unpaired) electrons. The quantitative estimate of drug-likeness (QED) is 0.119. The molecule has 5 nitrogen and oxygen atoms in total. The maximum atomic E-state index is 11.9. The molecular weight excluding hydrogens is 527 g/mol. The summed E-state index contributed by atoms with van der Waals surface area (Å²) in [6, 6.07) is 0. The molecule has 0 rings (SSSR count). The maximum absolute atomic E-state index is 11.9. The zero-order valence-corrected chi connectivity index (χ0v) is 22.8. The van der Waals surface area contributed by atoms with Crippen molar-refractivity contribution in [2.75, 3.05) is 0 Å². The van der Waals surface area contributed by atoms with Crippen LogP contribution in [-0.4, -0.2) is 29.9 Å². The molecule has 0 unspecified atom stereocenters. The molecule has 0 heterocycles. The molecule has 0 aromatic heterocycles. The van der Waals surface area contributed by atoms with E-state index in [9.17, 15) is 14.4 Å². The second-order valence-electron chi connectivity index (χ2n) is 8.31. The van der Waals surface area contributed by atoms with Crippen molar-refractivity contribution >= 4 is 26.0 Å². The molecule has 0 aromatic rings. The van der Waals surface area contributed by atoms with Crippen LogP contribution < -0.4 is 21.0 Å². The molecule has 0 saturated carbocycles. The average Bonchev–Trinajstić information content (AvgIpc) is 2.76. The van der Waals surface area contributed by atoms with Gasteiger partial charge in [-0.1, -0.05) is 84.0 Å². The van der Waals surface area contributed by atoms with Gasteiger partial charge in [-0.05, 0) is 0 Å². The number of hydrogen-bond acceptors (Lipinski definition) is 6. The van der Waals surface area contributed by atoms with Gasteiger partial charge in [-0.2, -0.15) is 0 Å². The third-order valence-corrected chi connectivity index (χ3v) is 7.11. The Balaban J connectivity index is 3.55. The van der Waals surface area contributed by atoms with Gasteiger partial charge in [0.2, 0.25) is 0 Å². The summed E-state index contributed by atoms with van der Waals surface area (Å²) in [5.41, 5.74) is 0. The molecule has 0 fully saturated rings. The van der Waals surface area contributed by atoms with Crippen LogP contribution in [0.15, 0.2) is 0 Å². The normalized spacial score (nSPS) is 13.5.